The van der Waals surface area contributed by atoms with Crippen molar-refractivity contribution in [3.63, 3.8) is 0 Å². The van der Waals surface area contributed by atoms with E-state index in [0.29, 0.717) is 66.8 Å². The minimum atomic E-state index is -5.10. The van der Waals surface area contributed by atoms with Gasteiger partial charge in [0.25, 0.3) is 0 Å². The maximum atomic E-state index is 14.3. The molecule has 0 nitrogen and oxygen atoms in total. The molecule has 0 saturated heterocycles. The molecule has 0 spiro atoms. The van der Waals surface area contributed by atoms with Crippen molar-refractivity contribution >= 4 is 0 Å². The van der Waals surface area contributed by atoms with E-state index in [0.717, 1.165) is 24.3 Å². The highest BCUT2D eigenvalue weighted by molar-refractivity contribution is 6.04. The molecular weight excluding hydrogens is 829 g/mol. The molecule has 2 aliphatic carbocycles. The Morgan fingerprint density at radius 2 is 0.613 bits per heavy atom. The fourth-order valence-corrected chi connectivity index (χ4v) is 9.34. The molecule has 7 aromatic rings. The fourth-order valence-electron chi connectivity index (χ4n) is 9.34. The number of fused-ring (bicyclic) bond motifs is 6. The van der Waals surface area contributed by atoms with Crippen LogP contribution in [-0.4, -0.2) is 0 Å². The average Bonchev–Trinajstić information content (AvgIpc) is 3.24. The van der Waals surface area contributed by atoms with Gasteiger partial charge in [-0.1, -0.05) is 109 Å². The first-order valence-corrected chi connectivity index (χ1v) is 19.4. The zero-order chi connectivity index (χ0) is 43.9. The number of rotatable bonds is 4. The van der Waals surface area contributed by atoms with Gasteiger partial charge in [0.15, 0.2) is 0 Å². The van der Waals surface area contributed by atoms with E-state index in [4.69, 9.17) is 0 Å². The van der Waals surface area contributed by atoms with E-state index in [1.54, 1.807) is 84.9 Å². The Labute approximate surface area is 347 Å². The first-order chi connectivity index (χ1) is 29.3. The number of benzene rings is 7. The Kier molecular flexibility index (Phi) is 9.72. The van der Waals surface area contributed by atoms with Gasteiger partial charge in [-0.05, 0) is 127 Å². The van der Waals surface area contributed by atoms with E-state index in [9.17, 15) is 52.7 Å². The van der Waals surface area contributed by atoms with Gasteiger partial charge in [-0.3, -0.25) is 0 Å². The van der Waals surface area contributed by atoms with E-state index >= 15 is 0 Å². The molecule has 2 unspecified atom stereocenters. The molecule has 2 aliphatic rings. The molecule has 2 atom stereocenters. The molecule has 0 saturated carbocycles. The van der Waals surface area contributed by atoms with Gasteiger partial charge in [-0.15, -0.1) is 0 Å². The van der Waals surface area contributed by atoms with E-state index < -0.39 is 58.8 Å². The molecule has 7 aromatic carbocycles. The van der Waals surface area contributed by atoms with Gasteiger partial charge in [-0.2, -0.15) is 52.7 Å². The van der Waals surface area contributed by atoms with Gasteiger partial charge in [-0.25, -0.2) is 0 Å². The summed E-state index contributed by atoms with van der Waals surface area (Å²) in [7, 11) is 0. The summed E-state index contributed by atoms with van der Waals surface area (Å²) >= 11 is 0. The molecule has 0 aromatic heterocycles. The Morgan fingerprint density at radius 1 is 0.323 bits per heavy atom. The van der Waals surface area contributed by atoms with Gasteiger partial charge in [0.2, 0.25) is 0 Å². The minimum absolute atomic E-state index is 0.0591. The maximum absolute atomic E-state index is 14.3. The van der Waals surface area contributed by atoms with Crippen LogP contribution in [-0.2, 0) is 37.5 Å². The average molecular weight is 859 g/mol. The van der Waals surface area contributed by atoms with Gasteiger partial charge in [0.05, 0.1) is 22.3 Å². The van der Waals surface area contributed by atoms with Crippen LogP contribution in [0.1, 0.15) is 67.5 Å². The van der Waals surface area contributed by atoms with Crippen LogP contribution in [0.3, 0.4) is 0 Å². The summed E-state index contributed by atoms with van der Waals surface area (Å²) < 4.78 is 172. The molecule has 62 heavy (non-hydrogen) atoms. The molecule has 0 amide bonds. The van der Waals surface area contributed by atoms with Crippen molar-refractivity contribution in [3.05, 3.63) is 201 Å². The second-order valence-electron chi connectivity index (χ2n) is 15.6. The van der Waals surface area contributed by atoms with Gasteiger partial charge >= 0.3 is 24.7 Å². The Morgan fingerprint density at radius 3 is 0.919 bits per heavy atom. The minimum Gasteiger partial charge on any atom is -0.166 e. The molecule has 12 heteroatoms. The Bertz CT molecular complexity index is 2570. The number of halogens is 12. The summed E-state index contributed by atoms with van der Waals surface area (Å²) in [6.07, 6.45) is -20.5. The predicted molar refractivity (Wildman–Crippen MR) is 212 cm³/mol. The number of hydrogen-bond donors (Lipinski definition) is 0. The molecule has 0 bridgehead atoms. The first kappa shape index (κ1) is 41.1. The van der Waals surface area contributed by atoms with Crippen molar-refractivity contribution in [2.24, 2.45) is 0 Å². The highest BCUT2D eigenvalue weighted by Gasteiger charge is 2.43. The fraction of sp³-hybridized carbons (Fsp3) is 0.160. The smallest absolute Gasteiger partial charge is 0.166 e. The van der Waals surface area contributed by atoms with Gasteiger partial charge in [0.1, 0.15) is 0 Å². The lowest BCUT2D eigenvalue weighted by atomic mass is 9.65. The summed E-state index contributed by atoms with van der Waals surface area (Å²) in [5.41, 5.74) is 0.640. The Hall–Kier alpha value is -6.30. The number of alkyl halides is 12. The maximum Gasteiger partial charge on any atom is 0.416 e. The third-order valence-electron chi connectivity index (χ3n) is 11.9. The third kappa shape index (κ3) is 7.22. The predicted octanol–water partition coefficient (Wildman–Crippen LogP) is 15.8. The normalized spacial score (nSPS) is 16.3. The molecule has 0 fully saturated rings. The Balaban J connectivity index is 1.40. The summed E-state index contributed by atoms with van der Waals surface area (Å²) in [6.45, 7) is 0. The monoisotopic (exact) mass is 858 g/mol. The zero-order valence-electron chi connectivity index (χ0n) is 32.0. The molecule has 314 valence electrons. The van der Waals surface area contributed by atoms with Gasteiger partial charge in [0, 0.05) is 11.8 Å². The highest BCUT2D eigenvalue weighted by Crippen LogP contribution is 2.58. The standard InChI is InChI=1S/C50H30F12/c51-47(52,53)31-19-29(20-32(23-31)48(54,55)56)39-25-41-43(27-11-3-1-4-12-27)45-37-17-9-7-15-35(37)40(30-21-33(49(57,58)59)24-34(22-30)50(60,61)62)26-42(45)44(28-13-5-2-6-14-28)46(41)38-18-10-8-16-36(38)39/h1-24,39-40H,25-26H2. The quantitative estimate of drug-likeness (QED) is 0.155. The van der Waals surface area contributed by atoms with Crippen molar-refractivity contribution < 1.29 is 52.7 Å². The van der Waals surface area contributed by atoms with Crippen molar-refractivity contribution in [1.82, 2.24) is 0 Å². The van der Waals surface area contributed by atoms with Crippen molar-refractivity contribution in [2.45, 2.75) is 49.4 Å². The van der Waals surface area contributed by atoms with Crippen LogP contribution in [0.5, 0.6) is 0 Å². The van der Waals surface area contributed by atoms with Crippen LogP contribution >= 0.6 is 0 Å². The van der Waals surface area contributed by atoms with Gasteiger partial charge < -0.3 is 0 Å². The molecular formula is C50H30F12. The first-order valence-electron chi connectivity index (χ1n) is 19.4. The number of hydrogen-bond acceptors (Lipinski definition) is 0. The van der Waals surface area contributed by atoms with Crippen molar-refractivity contribution in [2.75, 3.05) is 0 Å². The molecule has 0 radical (unpaired) electrons. The van der Waals surface area contributed by atoms with Crippen LogP contribution in [0, 0.1) is 0 Å². The van der Waals surface area contributed by atoms with Crippen LogP contribution < -0.4 is 0 Å². The van der Waals surface area contributed by atoms with Crippen LogP contribution in [0.15, 0.2) is 146 Å². The molecule has 0 heterocycles. The summed E-state index contributed by atoms with van der Waals surface area (Å²) in [5, 5.41) is 0. The molecule has 0 N–H and O–H groups in total. The lowest BCUT2D eigenvalue weighted by Gasteiger charge is -2.38. The largest absolute Gasteiger partial charge is 0.416 e. The third-order valence-corrected chi connectivity index (χ3v) is 11.9. The van der Waals surface area contributed by atoms with Crippen LogP contribution in [0.2, 0.25) is 0 Å². The summed E-state index contributed by atoms with van der Waals surface area (Å²) in [6, 6.07) is 34.6. The lowest BCUT2D eigenvalue weighted by Crippen LogP contribution is -2.21. The SMILES string of the molecule is FC(F)(F)c1cc(C2Cc3c(-c4ccccc4)c4c(c(-c5ccccc5)c3-c3ccccc32)CC(c2cc(C(F)(F)F)cc(C(F)(F)F)c2)c2ccccc2-4)cc(C(F)(F)F)c1. The van der Waals surface area contributed by atoms with Crippen molar-refractivity contribution in [3.8, 4) is 44.5 Å². The second-order valence-corrected chi connectivity index (χ2v) is 15.6. The van der Waals surface area contributed by atoms with E-state index in [1.165, 1.54) is 0 Å². The highest BCUT2D eigenvalue weighted by atomic mass is 19.4. The molecule has 9 rings (SSSR count). The zero-order valence-corrected chi connectivity index (χ0v) is 32.0. The van der Waals surface area contributed by atoms with Crippen LogP contribution in [0.4, 0.5) is 52.7 Å². The summed E-state index contributed by atoms with van der Waals surface area (Å²) in [4.78, 5) is 0. The topological polar surface area (TPSA) is 0 Å². The van der Waals surface area contributed by atoms with E-state index in [-0.39, 0.29) is 36.1 Å². The lowest BCUT2D eigenvalue weighted by molar-refractivity contribution is -0.144. The van der Waals surface area contributed by atoms with Crippen molar-refractivity contribution in [1.29, 1.82) is 0 Å². The van der Waals surface area contributed by atoms with E-state index in [2.05, 4.69) is 0 Å². The summed E-state index contributed by atoms with van der Waals surface area (Å²) in [5.74, 6) is -2.02. The second kappa shape index (κ2) is 14.7. The van der Waals surface area contributed by atoms with Crippen LogP contribution in [0.25, 0.3) is 44.5 Å². The molecule has 0 aliphatic heterocycles. The van der Waals surface area contributed by atoms with E-state index in [1.807, 2.05) is 24.3 Å².